The molecule has 160 valence electrons. The van der Waals surface area contributed by atoms with Gasteiger partial charge in [0.15, 0.2) is 5.82 Å². The minimum atomic E-state index is 0.00265. The molecule has 0 amide bonds. The zero-order valence-corrected chi connectivity index (χ0v) is 17.7. The summed E-state index contributed by atoms with van der Waals surface area (Å²) in [4.78, 5) is 10.5. The summed E-state index contributed by atoms with van der Waals surface area (Å²) in [6, 6.07) is 11.0. The van der Waals surface area contributed by atoms with Crippen molar-refractivity contribution in [3.05, 3.63) is 59.6 Å². The number of nitrogens with zero attached hydrogens (tertiary/aromatic N) is 3. The van der Waals surface area contributed by atoms with Crippen molar-refractivity contribution in [2.24, 2.45) is 0 Å². The molecule has 9 nitrogen and oxygen atoms in total. The standard InChI is InChI=1S/C22H24N6O3/c1-12-6-5-7-16(23)18(12)26-22-24-11-17-20(27-22)28(2)21(29)19(25-17)13-8-14(30-3)10-15(9-13)31-4/h5-11,25,29H,23H2,1-4H3,(H,24,26,27). The van der Waals surface area contributed by atoms with Gasteiger partial charge in [-0.2, -0.15) is 4.98 Å². The molecular formula is C22H24N6O3. The van der Waals surface area contributed by atoms with Crippen LogP contribution in [0.15, 0.2) is 48.5 Å². The number of nitrogen functional groups attached to an aromatic ring is 1. The summed E-state index contributed by atoms with van der Waals surface area (Å²) < 4.78 is 10.7. The predicted molar refractivity (Wildman–Crippen MR) is 122 cm³/mol. The fourth-order valence-corrected chi connectivity index (χ4v) is 3.36. The Morgan fingerprint density at radius 2 is 1.84 bits per heavy atom. The number of para-hydroxylation sites is 1. The third-order valence-corrected chi connectivity index (χ3v) is 5.07. The second-order valence-corrected chi connectivity index (χ2v) is 7.08. The molecule has 1 aliphatic heterocycles. The molecule has 0 radical (unpaired) electrons. The maximum Gasteiger partial charge on any atom is 0.229 e. The van der Waals surface area contributed by atoms with Gasteiger partial charge in [-0.3, -0.25) is 4.90 Å². The first-order valence-corrected chi connectivity index (χ1v) is 9.58. The smallest absolute Gasteiger partial charge is 0.229 e. The molecule has 0 atom stereocenters. The lowest BCUT2D eigenvalue weighted by molar-refractivity contribution is 0.392. The number of aliphatic hydroxyl groups excluding tert-OH is 1. The van der Waals surface area contributed by atoms with Crippen molar-refractivity contribution in [3.63, 3.8) is 0 Å². The Bertz CT molecular complexity index is 1140. The Kier molecular flexibility index (Phi) is 5.16. The summed E-state index contributed by atoms with van der Waals surface area (Å²) in [6.07, 6.45) is 1.65. The lowest BCUT2D eigenvalue weighted by Gasteiger charge is -2.29. The van der Waals surface area contributed by atoms with Gasteiger partial charge in [-0.1, -0.05) is 12.1 Å². The molecule has 5 N–H and O–H groups in total. The van der Waals surface area contributed by atoms with Crippen LogP contribution in [0.25, 0.3) is 5.70 Å². The van der Waals surface area contributed by atoms with E-state index in [9.17, 15) is 5.11 Å². The van der Waals surface area contributed by atoms with E-state index < -0.39 is 0 Å². The number of nitrogens with two attached hydrogens (primary N) is 1. The van der Waals surface area contributed by atoms with Gasteiger partial charge in [-0.15, -0.1) is 0 Å². The minimum Gasteiger partial charge on any atom is -0.497 e. The van der Waals surface area contributed by atoms with Crippen molar-refractivity contribution >= 4 is 34.5 Å². The maximum atomic E-state index is 10.9. The number of nitrogens with one attached hydrogen (secondary N) is 2. The molecule has 0 saturated heterocycles. The first-order valence-electron chi connectivity index (χ1n) is 9.58. The molecule has 0 aliphatic carbocycles. The number of aryl methyl sites for hydroxylation is 1. The Morgan fingerprint density at radius 1 is 1.13 bits per heavy atom. The van der Waals surface area contributed by atoms with Crippen molar-refractivity contribution in [2.75, 3.05) is 42.5 Å². The van der Waals surface area contributed by atoms with Gasteiger partial charge in [0.25, 0.3) is 0 Å². The highest BCUT2D eigenvalue weighted by molar-refractivity contribution is 5.89. The second-order valence-electron chi connectivity index (χ2n) is 7.08. The molecule has 0 fully saturated rings. The van der Waals surface area contributed by atoms with Gasteiger partial charge in [0, 0.05) is 18.7 Å². The van der Waals surface area contributed by atoms with Gasteiger partial charge < -0.3 is 30.9 Å². The third-order valence-electron chi connectivity index (χ3n) is 5.07. The minimum absolute atomic E-state index is 0.00265. The maximum absolute atomic E-state index is 10.9. The third kappa shape index (κ3) is 3.73. The van der Waals surface area contributed by atoms with E-state index in [2.05, 4.69) is 20.6 Å². The van der Waals surface area contributed by atoms with Crippen LogP contribution in [-0.4, -0.2) is 36.3 Å². The Balaban J connectivity index is 1.69. The summed E-state index contributed by atoms with van der Waals surface area (Å²) >= 11 is 0. The van der Waals surface area contributed by atoms with Crippen molar-refractivity contribution in [1.82, 2.24) is 9.97 Å². The monoisotopic (exact) mass is 420 g/mol. The zero-order valence-electron chi connectivity index (χ0n) is 17.7. The SMILES string of the molecule is COc1cc(OC)cc(C2=C(O)N(C)c3nc(Nc4c(C)cccc4N)ncc3N2)c1. The zero-order chi connectivity index (χ0) is 22.1. The number of rotatable bonds is 5. The number of anilines is 5. The van der Waals surface area contributed by atoms with E-state index in [1.165, 1.54) is 0 Å². The van der Waals surface area contributed by atoms with Gasteiger partial charge in [0.1, 0.15) is 22.9 Å². The molecule has 2 heterocycles. The average molecular weight is 420 g/mol. The predicted octanol–water partition coefficient (Wildman–Crippen LogP) is 3.87. The second kappa shape index (κ2) is 7.94. The molecule has 0 spiro atoms. The molecule has 9 heteroatoms. The van der Waals surface area contributed by atoms with Crippen molar-refractivity contribution in [3.8, 4) is 11.5 Å². The number of hydrogen-bond acceptors (Lipinski definition) is 9. The van der Waals surface area contributed by atoms with Crippen molar-refractivity contribution < 1.29 is 14.6 Å². The topological polar surface area (TPSA) is 118 Å². The molecular weight excluding hydrogens is 396 g/mol. The molecule has 31 heavy (non-hydrogen) atoms. The van der Waals surface area contributed by atoms with E-state index in [-0.39, 0.29) is 5.88 Å². The average Bonchev–Trinajstić information content (AvgIpc) is 2.78. The van der Waals surface area contributed by atoms with E-state index in [0.717, 1.165) is 11.3 Å². The number of aliphatic hydroxyl groups is 1. The Hall–Kier alpha value is -4.14. The van der Waals surface area contributed by atoms with E-state index in [1.807, 2.05) is 25.1 Å². The highest BCUT2D eigenvalue weighted by Gasteiger charge is 2.26. The lowest BCUT2D eigenvalue weighted by atomic mass is 10.1. The number of methoxy groups -OCH3 is 2. The van der Waals surface area contributed by atoms with Crippen LogP contribution in [0.2, 0.25) is 0 Å². The summed E-state index contributed by atoms with van der Waals surface area (Å²) in [5.41, 5.74) is 10.2. The Labute approximate surface area is 180 Å². The molecule has 1 aromatic heterocycles. The highest BCUT2D eigenvalue weighted by Crippen LogP contribution is 2.38. The van der Waals surface area contributed by atoms with Crippen LogP contribution in [0.5, 0.6) is 11.5 Å². The normalized spacial score (nSPS) is 12.8. The van der Waals surface area contributed by atoms with E-state index in [4.69, 9.17) is 15.2 Å². The fraction of sp³-hybridized carbons (Fsp3) is 0.182. The van der Waals surface area contributed by atoms with Gasteiger partial charge in [0.2, 0.25) is 11.8 Å². The van der Waals surface area contributed by atoms with Crippen LogP contribution in [0.4, 0.5) is 28.8 Å². The molecule has 0 unspecified atom stereocenters. The summed E-state index contributed by atoms with van der Waals surface area (Å²) in [6.45, 7) is 1.95. The van der Waals surface area contributed by atoms with Crippen molar-refractivity contribution in [1.29, 1.82) is 0 Å². The van der Waals surface area contributed by atoms with Crippen LogP contribution in [0, 0.1) is 6.92 Å². The fourth-order valence-electron chi connectivity index (χ4n) is 3.36. The molecule has 2 aromatic carbocycles. The number of ether oxygens (including phenoxy) is 2. The van der Waals surface area contributed by atoms with Gasteiger partial charge >= 0.3 is 0 Å². The van der Waals surface area contributed by atoms with Crippen LogP contribution in [0.3, 0.4) is 0 Å². The first-order chi connectivity index (χ1) is 14.9. The number of aromatic nitrogens is 2. The summed E-state index contributed by atoms with van der Waals surface area (Å²) in [7, 11) is 4.88. The van der Waals surface area contributed by atoms with Crippen molar-refractivity contribution in [2.45, 2.75) is 6.92 Å². The van der Waals surface area contributed by atoms with Crippen LogP contribution >= 0.6 is 0 Å². The number of benzene rings is 2. The van der Waals surface area contributed by atoms with Gasteiger partial charge in [0.05, 0.1) is 31.8 Å². The van der Waals surface area contributed by atoms with Crippen LogP contribution in [0.1, 0.15) is 11.1 Å². The molecule has 0 bridgehead atoms. The number of fused-ring (bicyclic) bond motifs is 1. The quantitative estimate of drug-likeness (QED) is 0.456. The van der Waals surface area contributed by atoms with E-state index >= 15 is 0 Å². The molecule has 1 aliphatic rings. The van der Waals surface area contributed by atoms with Crippen LogP contribution in [-0.2, 0) is 0 Å². The lowest BCUT2D eigenvalue weighted by Crippen LogP contribution is -2.27. The van der Waals surface area contributed by atoms with Gasteiger partial charge in [-0.05, 0) is 30.7 Å². The largest absolute Gasteiger partial charge is 0.497 e. The summed E-state index contributed by atoms with van der Waals surface area (Å²) in [5, 5.41) is 17.3. The van der Waals surface area contributed by atoms with E-state index in [1.54, 1.807) is 50.6 Å². The number of hydrogen-bond donors (Lipinski definition) is 4. The molecule has 0 saturated carbocycles. The highest BCUT2D eigenvalue weighted by atomic mass is 16.5. The van der Waals surface area contributed by atoms with E-state index in [0.29, 0.717) is 45.9 Å². The first kappa shape index (κ1) is 20.1. The summed E-state index contributed by atoms with van der Waals surface area (Å²) in [5.74, 6) is 2.10. The molecule has 3 aromatic rings. The van der Waals surface area contributed by atoms with Crippen LogP contribution < -0.4 is 30.7 Å². The molecule has 4 rings (SSSR count). The van der Waals surface area contributed by atoms with Gasteiger partial charge in [-0.25, -0.2) is 4.98 Å². The Morgan fingerprint density at radius 3 is 2.48 bits per heavy atom.